The van der Waals surface area contributed by atoms with E-state index in [1.165, 1.54) is 0 Å². The number of halogens is 2. The standard InChI is InChI=1S/C11H13Cl2NO3/c1-2-16-5-6-17-11(15)14-10-4-3-8(12)7-9(10)13/h3-4,7H,2,5-6H2,1H3,(H,14,15). The van der Waals surface area contributed by atoms with Crippen LogP contribution in [0.3, 0.4) is 0 Å². The Kier molecular flexibility index (Phi) is 6.11. The molecule has 94 valence electrons. The molecule has 1 aromatic rings. The van der Waals surface area contributed by atoms with Crippen molar-refractivity contribution in [2.75, 3.05) is 25.1 Å². The molecule has 4 nitrogen and oxygen atoms in total. The number of hydrogen-bond acceptors (Lipinski definition) is 3. The summed E-state index contributed by atoms with van der Waals surface area (Å²) in [6, 6.07) is 4.77. The van der Waals surface area contributed by atoms with Gasteiger partial charge in [-0.1, -0.05) is 23.2 Å². The van der Waals surface area contributed by atoms with E-state index in [9.17, 15) is 4.79 Å². The Morgan fingerprint density at radius 3 is 2.76 bits per heavy atom. The first-order valence-corrected chi connectivity index (χ1v) is 5.85. The van der Waals surface area contributed by atoms with Crippen LogP contribution in [0.2, 0.25) is 10.0 Å². The van der Waals surface area contributed by atoms with Crippen LogP contribution in [-0.4, -0.2) is 25.9 Å². The molecule has 1 N–H and O–H groups in total. The Labute approximate surface area is 110 Å². The highest BCUT2D eigenvalue weighted by atomic mass is 35.5. The Hall–Kier alpha value is -0.970. The first kappa shape index (κ1) is 14.1. The van der Waals surface area contributed by atoms with Crippen molar-refractivity contribution in [2.45, 2.75) is 6.92 Å². The molecule has 0 atom stereocenters. The van der Waals surface area contributed by atoms with Crippen LogP contribution in [0.1, 0.15) is 6.92 Å². The predicted molar refractivity (Wildman–Crippen MR) is 67.9 cm³/mol. The fourth-order valence-electron chi connectivity index (χ4n) is 1.07. The quantitative estimate of drug-likeness (QED) is 0.837. The second kappa shape index (κ2) is 7.37. The molecule has 1 amide bonds. The van der Waals surface area contributed by atoms with E-state index in [4.69, 9.17) is 32.7 Å². The molecule has 0 aliphatic carbocycles. The molecule has 1 aromatic carbocycles. The Morgan fingerprint density at radius 2 is 2.12 bits per heavy atom. The molecule has 0 spiro atoms. The summed E-state index contributed by atoms with van der Waals surface area (Å²) in [7, 11) is 0. The second-order valence-corrected chi connectivity index (χ2v) is 3.93. The molecule has 0 aromatic heterocycles. The first-order valence-electron chi connectivity index (χ1n) is 5.10. The third kappa shape index (κ3) is 5.26. The number of nitrogens with one attached hydrogen (secondary N) is 1. The van der Waals surface area contributed by atoms with E-state index in [-0.39, 0.29) is 6.61 Å². The fourth-order valence-corrected chi connectivity index (χ4v) is 1.53. The van der Waals surface area contributed by atoms with Gasteiger partial charge in [0.15, 0.2) is 0 Å². The summed E-state index contributed by atoms with van der Waals surface area (Å²) in [5, 5.41) is 3.37. The van der Waals surface area contributed by atoms with Gasteiger partial charge in [0, 0.05) is 11.6 Å². The summed E-state index contributed by atoms with van der Waals surface area (Å²) >= 11 is 11.6. The van der Waals surface area contributed by atoms with Crippen LogP contribution in [0.25, 0.3) is 0 Å². The summed E-state index contributed by atoms with van der Waals surface area (Å²) < 4.78 is 9.89. The Morgan fingerprint density at radius 1 is 1.35 bits per heavy atom. The lowest BCUT2D eigenvalue weighted by atomic mass is 10.3. The number of ether oxygens (including phenoxy) is 2. The van der Waals surface area contributed by atoms with Gasteiger partial charge >= 0.3 is 6.09 Å². The van der Waals surface area contributed by atoms with Crippen LogP contribution in [0, 0.1) is 0 Å². The van der Waals surface area contributed by atoms with Crippen molar-refractivity contribution in [1.29, 1.82) is 0 Å². The van der Waals surface area contributed by atoms with Gasteiger partial charge < -0.3 is 9.47 Å². The maximum absolute atomic E-state index is 11.3. The highest BCUT2D eigenvalue weighted by Crippen LogP contribution is 2.25. The van der Waals surface area contributed by atoms with Crippen molar-refractivity contribution in [3.05, 3.63) is 28.2 Å². The van der Waals surface area contributed by atoms with E-state index in [2.05, 4.69) is 5.32 Å². The van der Waals surface area contributed by atoms with Crippen molar-refractivity contribution >= 4 is 35.0 Å². The molecule has 1 rings (SSSR count). The number of anilines is 1. The largest absolute Gasteiger partial charge is 0.447 e. The zero-order valence-corrected chi connectivity index (χ0v) is 10.8. The fraction of sp³-hybridized carbons (Fsp3) is 0.364. The zero-order chi connectivity index (χ0) is 12.7. The maximum Gasteiger partial charge on any atom is 0.411 e. The van der Waals surface area contributed by atoms with Crippen molar-refractivity contribution < 1.29 is 14.3 Å². The molecule has 0 unspecified atom stereocenters. The highest BCUT2D eigenvalue weighted by Gasteiger charge is 2.06. The maximum atomic E-state index is 11.3. The number of hydrogen-bond donors (Lipinski definition) is 1. The lowest BCUT2D eigenvalue weighted by molar-refractivity contribution is 0.0850. The average molecular weight is 278 g/mol. The van der Waals surface area contributed by atoms with Gasteiger partial charge in [0.2, 0.25) is 0 Å². The van der Waals surface area contributed by atoms with Crippen LogP contribution in [0.4, 0.5) is 10.5 Å². The van der Waals surface area contributed by atoms with Gasteiger partial charge in [0.25, 0.3) is 0 Å². The third-order valence-corrected chi connectivity index (χ3v) is 2.38. The summed E-state index contributed by atoms with van der Waals surface area (Å²) in [4.78, 5) is 11.3. The number of carbonyl (C=O) groups excluding carboxylic acids is 1. The molecule has 0 aliphatic rings. The molecular formula is C11H13Cl2NO3. The van der Waals surface area contributed by atoms with Gasteiger partial charge in [0.05, 0.1) is 17.3 Å². The lowest BCUT2D eigenvalue weighted by Crippen LogP contribution is -2.16. The topological polar surface area (TPSA) is 47.6 Å². The minimum atomic E-state index is -0.575. The van der Waals surface area contributed by atoms with E-state index in [1.807, 2.05) is 6.92 Å². The van der Waals surface area contributed by atoms with E-state index >= 15 is 0 Å². The van der Waals surface area contributed by atoms with Gasteiger partial charge in [-0.2, -0.15) is 0 Å². The van der Waals surface area contributed by atoms with Crippen LogP contribution in [0.15, 0.2) is 18.2 Å². The van der Waals surface area contributed by atoms with Gasteiger partial charge in [-0.15, -0.1) is 0 Å². The smallest absolute Gasteiger partial charge is 0.411 e. The van der Waals surface area contributed by atoms with Crippen molar-refractivity contribution in [3.63, 3.8) is 0 Å². The van der Waals surface area contributed by atoms with E-state index in [0.29, 0.717) is 28.9 Å². The Balaban J connectivity index is 2.40. The molecule has 0 radical (unpaired) electrons. The third-order valence-electron chi connectivity index (χ3n) is 1.83. The van der Waals surface area contributed by atoms with Gasteiger partial charge in [0.1, 0.15) is 6.61 Å². The molecule has 0 heterocycles. The minimum Gasteiger partial charge on any atom is -0.447 e. The summed E-state index contributed by atoms with van der Waals surface area (Å²) in [5.41, 5.74) is 0.456. The molecule has 17 heavy (non-hydrogen) atoms. The van der Waals surface area contributed by atoms with Gasteiger partial charge in [-0.25, -0.2) is 4.79 Å². The number of amides is 1. The van der Waals surface area contributed by atoms with Gasteiger partial charge in [-0.05, 0) is 25.1 Å². The normalized spacial score (nSPS) is 10.1. The monoisotopic (exact) mass is 277 g/mol. The summed E-state index contributed by atoms with van der Waals surface area (Å²) in [6.45, 7) is 3.03. The van der Waals surface area contributed by atoms with E-state index < -0.39 is 6.09 Å². The first-order chi connectivity index (χ1) is 8.13. The Bertz CT molecular complexity index is 385. The molecule has 0 fully saturated rings. The van der Waals surface area contributed by atoms with Crippen LogP contribution < -0.4 is 5.32 Å². The predicted octanol–water partition coefficient (Wildman–Crippen LogP) is 3.58. The van der Waals surface area contributed by atoms with Crippen molar-refractivity contribution in [2.24, 2.45) is 0 Å². The van der Waals surface area contributed by atoms with Gasteiger partial charge in [-0.3, -0.25) is 5.32 Å². The number of rotatable bonds is 5. The van der Waals surface area contributed by atoms with Crippen LogP contribution >= 0.6 is 23.2 Å². The zero-order valence-electron chi connectivity index (χ0n) is 9.33. The molecule has 0 saturated heterocycles. The van der Waals surface area contributed by atoms with Crippen LogP contribution in [0.5, 0.6) is 0 Å². The van der Waals surface area contributed by atoms with Crippen molar-refractivity contribution in [3.8, 4) is 0 Å². The molecular weight excluding hydrogens is 265 g/mol. The van der Waals surface area contributed by atoms with Crippen LogP contribution in [-0.2, 0) is 9.47 Å². The second-order valence-electron chi connectivity index (χ2n) is 3.08. The summed E-state index contributed by atoms with van der Waals surface area (Å²) in [6.07, 6.45) is -0.575. The molecule has 6 heteroatoms. The lowest BCUT2D eigenvalue weighted by Gasteiger charge is -2.08. The number of carbonyl (C=O) groups is 1. The molecule has 0 aliphatic heterocycles. The van der Waals surface area contributed by atoms with E-state index in [0.717, 1.165) is 0 Å². The average Bonchev–Trinajstić information content (AvgIpc) is 2.28. The SMILES string of the molecule is CCOCCOC(=O)Nc1ccc(Cl)cc1Cl. The summed E-state index contributed by atoms with van der Waals surface area (Å²) in [5.74, 6) is 0. The molecule has 0 bridgehead atoms. The highest BCUT2D eigenvalue weighted by molar-refractivity contribution is 6.36. The van der Waals surface area contributed by atoms with Crippen molar-refractivity contribution in [1.82, 2.24) is 0 Å². The molecule has 0 saturated carbocycles. The minimum absolute atomic E-state index is 0.199. The number of benzene rings is 1. The van der Waals surface area contributed by atoms with E-state index in [1.54, 1.807) is 18.2 Å².